The molecule has 3 amide bonds. The number of nitrogens with zero attached hydrogens (tertiary/aromatic N) is 3. The molecule has 0 aromatic heterocycles. The van der Waals surface area contributed by atoms with Crippen molar-refractivity contribution in [2.75, 3.05) is 26.7 Å². The average Bonchev–Trinajstić information content (AvgIpc) is 2.92. The maximum Gasteiger partial charge on any atom is 0.410 e. The summed E-state index contributed by atoms with van der Waals surface area (Å²) in [5.74, 6) is -0.442. The van der Waals surface area contributed by atoms with Gasteiger partial charge in [0.25, 0.3) is 5.91 Å². The molecule has 0 aliphatic carbocycles. The Hall–Kier alpha value is -2.48. The van der Waals surface area contributed by atoms with E-state index in [-0.39, 0.29) is 23.8 Å². The molecule has 2 aliphatic rings. The predicted molar refractivity (Wildman–Crippen MR) is 158 cm³/mol. The van der Waals surface area contributed by atoms with Gasteiger partial charge in [-0.15, -0.1) is 0 Å². The number of hydrogen-bond acceptors (Lipinski definition) is 4. The van der Waals surface area contributed by atoms with Gasteiger partial charge in [-0.2, -0.15) is 0 Å². The summed E-state index contributed by atoms with van der Waals surface area (Å²) in [7, 11) is 1.79. The SMILES string of the molecule is CN(C(=O)c1ccc(Cl)cc1)[C@@H]1CCN(C(=O)[C@H]2CCCCN2C(=O)OC(C)(C)C)C[C@H]1c1ccc(Cl)c(Cl)c1. The molecule has 3 atom stereocenters. The quantitative estimate of drug-likeness (QED) is 0.379. The number of halogens is 3. The lowest BCUT2D eigenvalue weighted by atomic mass is 9.84. The minimum absolute atomic E-state index is 0.0965. The van der Waals surface area contributed by atoms with E-state index in [0.717, 1.165) is 18.4 Å². The second-order valence-electron chi connectivity index (χ2n) is 11.5. The van der Waals surface area contributed by atoms with Crippen molar-refractivity contribution in [3.8, 4) is 0 Å². The first kappa shape index (κ1) is 30.5. The van der Waals surface area contributed by atoms with Crippen molar-refractivity contribution in [3.63, 3.8) is 0 Å². The normalized spacial score (nSPS) is 21.6. The molecule has 10 heteroatoms. The lowest BCUT2D eigenvalue weighted by Crippen LogP contribution is -2.58. The second kappa shape index (κ2) is 12.6. The number of likely N-dealkylation sites (tertiary alicyclic amines) is 2. The maximum absolute atomic E-state index is 13.9. The molecule has 0 saturated carbocycles. The third-order valence-corrected chi connectivity index (χ3v) is 8.58. The van der Waals surface area contributed by atoms with E-state index in [1.807, 2.05) is 37.8 Å². The second-order valence-corrected chi connectivity index (χ2v) is 12.8. The number of rotatable bonds is 4. The Balaban J connectivity index is 1.59. The van der Waals surface area contributed by atoms with Crippen LogP contribution in [0.3, 0.4) is 0 Å². The van der Waals surface area contributed by atoms with Crippen molar-refractivity contribution in [1.82, 2.24) is 14.7 Å². The smallest absolute Gasteiger partial charge is 0.410 e. The van der Waals surface area contributed by atoms with Crippen LogP contribution in [0.15, 0.2) is 42.5 Å². The van der Waals surface area contributed by atoms with Gasteiger partial charge in [-0.05, 0) is 88.4 Å². The van der Waals surface area contributed by atoms with Gasteiger partial charge in [-0.25, -0.2) is 4.79 Å². The van der Waals surface area contributed by atoms with E-state index in [4.69, 9.17) is 39.5 Å². The molecule has 0 unspecified atom stereocenters. The van der Waals surface area contributed by atoms with Gasteiger partial charge in [0.05, 0.1) is 10.0 Å². The van der Waals surface area contributed by atoms with Gasteiger partial charge in [-0.1, -0.05) is 40.9 Å². The van der Waals surface area contributed by atoms with Crippen LogP contribution in [0, 0.1) is 0 Å². The summed E-state index contributed by atoms with van der Waals surface area (Å²) in [6.45, 7) is 6.77. The minimum Gasteiger partial charge on any atom is -0.444 e. The highest BCUT2D eigenvalue weighted by Gasteiger charge is 2.42. The Bertz CT molecular complexity index is 1250. The molecule has 2 aromatic rings. The Morgan fingerprint density at radius 3 is 2.27 bits per heavy atom. The van der Waals surface area contributed by atoms with Crippen LogP contribution in [-0.4, -0.2) is 77.0 Å². The number of carbonyl (C=O) groups excluding carboxylic acids is 3. The molecule has 40 heavy (non-hydrogen) atoms. The zero-order valence-corrected chi connectivity index (χ0v) is 25.6. The Labute approximate surface area is 251 Å². The molecule has 7 nitrogen and oxygen atoms in total. The first-order valence-corrected chi connectivity index (χ1v) is 14.7. The third kappa shape index (κ3) is 7.04. The summed E-state index contributed by atoms with van der Waals surface area (Å²) in [6.07, 6.45) is 2.38. The summed E-state index contributed by atoms with van der Waals surface area (Å²) >= 11 is 18.6. The molecule has 4 rings (SSSR count). The van der Waals surface area contributed by atoms with Crippen molar-refractivity contribution in [2.45, 2.75) is 70.1 Å². The van der Waals surface area contributed by atoms with E-state index in [2.05, 4.69) is 0 Å². The van der Waals surface area contributed by atoms with Crippen LogP contribution in [0.4, 0.5) is 4.79 Å². The largest absolute Gasteiger partial charge is 0.444 e. The van der Waals surface area contributed by atoms with Crippen LogP contribution in [0.5, 0.6) is 0 Å². The van der Waals surface area contributed by atoms with Crippen molar-refractivity contribution in [2.24, 2.45) is 0 Å². The van der Waals surface area contributed by atoms with Crippen LogP contribution in [-0.2, 0) is 9.53 Å². The first-order valence-electron chi connectivity index (χ1n) is 13.6. The average molecular weight is 609 g/mol. The molecule has 0 spiro atoms. The highest BCUT2D eigenvalue weighted by molar-refractivity contribution is 6.42. The number of amides is 3. The molecule has 216 valence electrons. The highest BCUT2D eigenvalue weighted by Crippen LogP contribution is 2.35. The zero-order valence-electron chi connectivity index (χ0n) is 23.3. The van der Waals surface area contributed by atoms with Crippen LogP contribution in [0.2, 0.25) is 15.1 Å². The molecule has 2 saturated heterocycles. The fraction of sp³-hybridized carbons (Fsp3) is 0.500. The van der Waals surface area contributed by atoms with E-state index in [0.29, 0.717) is 53.1 Å². The van der Waals surface area contributed by atoms with Gasteiger partial charge in [0.15, 0.2) is 0 Å². The lowest BCUT2D eigenvalue weighted by molar-refractivity contribution is -0.140. The number of hydrogen-bond donors (Lipinski definition) is 0. The maximum atomic E-state index is 13.9. The molecule has 2 heterocycles. The van der Waals surface area contributed by atoms with E-state index >= 15 is 0 Å². The highest BCUT2D eigenvalue weighted by atomic mass is 35.5. The summed E-state index contributed by atoms with van der Waals surface area (Å²) in [5.41, 5.74) is 0.773. The van der Waals surface area contributed by atoms with Gasteiger partial charge in [-0.3, -0.25) is 14.5 Å². The summed E-state index contributed by atoms with van der Waals surface area (Å²) in [4.78, 5) is 45.5. The van der Waals surface area contributed by atoms with Crippen LogP contribution in [0.1, 0.15) is 68.3 Å². The van der Waals surface area contributed by atoms with Crippen molar-refractivity contribution in [1.29, 1.82) is 0 Å². The van der Waals surface area contributed by atoms with E-state index < -0.39 is 17.7 Å². The lowest BCUT2D eigenvalue weighted by Gasteiger charge is -2.45. The van der Waals surface area contributed by atoms with E-state index in [1.165, 1.54) is 0 Å². The Morgan fingerprint density at radius 1 is 0.925 bits per heavy atom. The zero-order chi connectivity index (χ0) is 29.2. The number of piperidine rings is 2. The molecule has 2 fully saturated rings. The third-order valence-electron chi connectivity index (χ3n) is 7.58. The molecular formula is C30H36Cl3N3O4. The molecule has 0 radical (unpaired) electrons. The fourth-order valence-electron chi connectivity index (χ4n) is 5.56. The molecule has 0 bridgehead atoms. The standard InChI is InChI=1S/C30H36Cl3N3O4/c1-30(2,3)40-29(39)36-15-6-5-7-26(36)28(38)35-16-14-25(22(18-35)20-10-13-23(32)24(33)17-20)34(4)27(37)19-8-11-21(31)12-9-19/h8-13,17,22,25-26H,5-7,14-16,18H2,1-4H3/t22-,25+,26+/m0/s1. The molecular weight excluding hydrogens is 573 g/mol. The van der Waals surface area contributed by atoms with Crippen LogP contribution in [0.25, 0.3) is 0 Å². The fourth-order valence-corrected chi connectivity index (χ4v) is 5.99. The van der Waals surface area contributed by atoms with E-state index in [1.54, 1.807) is 47.2 Å². The monoisotopic (exact) mass is 607 g/mol. The minimum atomic E-state index is -0.652. The van der Waals surface area contributed by atoms with Crippen molar-refractivity contribution in [3.05, 3.63) is 68.7 Å². The van der Waals surface area contributed by atoms with Crippen molar-refractivity contribution >= 4 is 52.7 Å². The molecule has 2 aromatic carbocycles. The van der Waals surface area contributed by atoms with Gasteiger partial charge < -0.3 is 14.5 Å². The summed E-state index contributed by atoms with van der Waals surface area (Å²) < 4.78 is 5.62. The predicted octanol–water partition coefficient (Wildman–Crippen LogP) is 6.89. The number of benzene rings is 2. The van der Waals surface area contributed by atoms with Gasteiger partial charge >= 0.3 is 6.09 Å². The van der Waals surface area contributed by atoms with Crippen LogP contribution >= 0.6 is 34.8 Å². The van der Waals surface area contributed by atoms with E-state index in [9.17, 15) is 14.4 Å². The first-order chi connectivity index (χ1) is 18.9. The van der Waals surface area contributed by atoms with Gasteiger partial charge in [0, 0.05) is 49.2 Å². The summed E-state index contributed by atoms with van der Waals surface area (Å²) in [5, 5.41) is 1.41. The van der Waals surface area contributed by atoms with Gasteiger partial charge in [0.2, 0.25) is 5.91 Å². The number of carbonyl (C=O) groups is 3. The topological polar surface area (TPSA) is 70.2 Å². The van der Waals surface area contributed by atoms with Crippen molar-refractivity contribution < 1.29 is 19.1 Å². The molecule has 0 N–H and O–H groups in total. The Morgan fingerprint density at radius 2 is 1.62 bits per heavy atom. The van der Waals surface area contributed by atoms with Crippen LogP contribution < -0.4 is 0 Å². The Kier molecular flexibility index (Phi) is 9.59. The molecule has 2 aliphatic heterocycles. The number of likely N-dealkylation sites (N-methyl/N-ethyl adjacent to an activating group) is 1. The number of ether oxygens (including phenoxy) is 1. The van der Waals surface area contributed by atoms with Gasteiger partial charge in [0.1, 0.15) is 11.6 Å². The summed E-state index contributed by atoms with van der Waals surface area (Å²) in [6, 6.07) is 11.5.